The summed E-state index contributed by atoms with van der Waals surface area (Å²) in [5.41, 5.74) is 3.96. The van der Waals surface area contributed by atoms with E-state index in [0.717, 1.165) is 27.7 Å². The minimum atomic E-state index is -1.53. The van der Waals surface area contributed by atoms with Gasteiger partial charge in [-0.25, -0.2) is 9.78 Å². The number of aliphatic hydroxyl groups is 1. The number of aromatic amines is 1. The molecule has 0 aliphatic carbocycles. The molecule has 0 radical (unpaired) electrons. The van der Waals surface area contributed by atoms with Gasteiger partial charge in [0.2, 0.25) is 17.7 Å². The summed E-state index contributed by atoms with van der Waals surface area (Å²) in [4.78, 5) is 62.7. The first-order chi connectivity index (χ1) is 28.4. The standard InChI is InChI=1S/C45H55N7O7/c1-28(2)38(42(54)47-26-37-48-34-18-12-13-19-35(34)49-37)51-44(56)40(46-25-31-20-22-33(58-5)23-21-31)41(53)36(24-30-14-8-6-9-15-30)50-43(55)39(29(3)4)52-45(57)59-27-32-16-10-7-11-17-32/h6-23,28-29,36,38-41,46,53H,24-27H2,1-5H3,(H,47,54)(H,48,49)(H,50,55)(H,51,56)(H,52,57)/t36-,38+,39+,40-,41-/m1/s1. The van der Waals surface area contributed by atoms with Gasteiger partial charge in [0, 0.05) is 6.54 Å². The predicted molar refractivity (Wildman–Crippen MR) is 225 cm³/mol. The third-order valence-corrected chi connectivity index (χ3v) is 9.90. The number of carbonyl (C=O) groups is 4. The average Bonchev–Trinajstić information content (AvgIpc) is 3.67. The zero-order valence-corrected chi connectivity index (χ0v) is 34.1. The Morgan fingerprint density at radius 3 is 1.88 bits per heavy atom. The number of hydrogen-bond acceptors (Lipinski definition) is 9. The summed E-state index contributed by atoms with van der Waals surface area (Å²) in [7, 11) is 1.57. The summed E-state index contributed by atoms with van der Waals surface area (Å²) in [5.74, 6) is -1.16. The summed E-state index contributed by atoms with van der Waals surface area (Å²) in [6.07, 6.45) is -2.17. The van der Waals surface area contributed by atoms with Crippen molar-refractivity contribution in [2.24, 2.45) is 11.8 Å². The van der Waals surface area contributed by atoms with Gasteiger partial charge in [0.1, 0.15) is 36.3 Å². The number of para-hydroxylation sites is 2. The molecule has 4 aromatic carbocycles. The molecule has 5 rings (SSSR count). The number of hydrogen-bond donors (Lipinski definition) is 7. The highest BCUT2D eigenvalue weighted by Crippen LogP contribution is 2.16. The van der Waals surface area contributed by atoms with E-state index < -0.39 is 54.1 Å². The number of H-pyrrole nitrogens is 1. The van der Waals surface area contributed by atoms with Crippen LogP contribution in [-0.2, 0) is 45.2 Å². The van der Waals surface area contributed by atoms with Gasteiger partial charge in [0.25, 0.3) is 0 Å². The first-order valence-corrected chi connectivity index (χ1v) is 19.8. The molecule has 0 saturated carbocycles. The Labute approximate surface area is 344 Å². The van der Waals surface area contributed by atoms with E-state index in [-0.39, 0.29) is 38.0 Å². The summed E-state index contributed by atoms with van der Waals surface area (Å²) < 4.78 is 10.7. The Bertz CT molecular complexity index is 2080. The lowest BCUT2D eigenvalue weighted by Crippen LogP contribution is -2.63. The van der Waals surface area contributed by atoms with E-state index in [2.05, 4.69) is 36.6 Å². The van der Waals surface area contributed by atoms with Gasteiger partial charge >= 0.3 is 6.09 Å². The molecule has 0 aliphatic heterocycles. The quantitative estimate of drug-likeness (QED) is 0.0592. The Kier molecular flexibility index (Phi) is 16.0. The maximum atomic E-state index is 14.4. The molecule has 312 valence electrons. The maximum absolute atomic E-state index is 14.4. The highest BCUT2D eigenvalue weighted by molar-refractivity contribution is 5.91. The van der Waals surface area contributed by atoms with Crippen molar-refractivity contribution in [1.29, 1.82) is 0 Å². The average molecular weight is 806 g/mol. The lowest BCUT2D eigenvalue weighted by atomic mass is 9.93. The molecule has 0 saturated heterocycles. The zero-order valence-electron chi connectivity index (χ0n) is 34.1. The molecule has 0 bridgehead atoms. The molecule has 14 nitrogen and oxygen atoms in total. The molecular weight excluding hydrogens is 751 g/mol. The number of carbonyl (C=O) groups excluding carboxylic acids is 4. The van der Waals surface area contributed by atoms with Crippen molar-refractivity contribution in [2.45, 2.75) is 84.1 Å². The van der Waals surface area contributed by atoms with Crippen molar-refractivity contribution in [3.05, 3.63) is 132 Å². The fraction of sp³-hybridized carbons (Fsp3) is 0.356. The number of fused-ring (bicyclic) bond motifs is 1. The monoisotopic (exact) mass is 805 g/mol. The molecule has 4 amide bonds. The fourth-order valence-electron chi connectivity index (χ4n) is 6.54. The number of nitrogens with one attached hydrogen (secondary N) is 6. The number of nitrogens with zero attached hydrogens (tertiary/aromatic N) is 1. The summed E-state index contributed by atoms with van der Waals surface area (Å²) in [6, 6.07) is 28.8. The number of aromatic nitrogens is 2. The lowest BCUT2D eigenvalue weighted by Gasteiger charge is -2.33. The van der Waals surface area contributed by atoms with Crippen LogP contribution in [0.25, 0.3) is 11.0 Å². The van der Waals surface area contributed by atoms with Gasteiger partial charge in [0.15, 0.2) is 0 Å². The first kappa shape index (κ1) is 43.9. The van der Waals surface area contributed by atoms with Gasteiger partial charge in [-0.2, -0.15) is 0 Å². The van der Waals surface area contributed by atoms with Crippen LogP contribution in [0.15, 0.2) is 109 Å². The van der Waals surface area contributed by atoms with Crippen LogP contribution in [0.1, 0.15) is 50.2 Å². The molecular formula is C45H55N7O7. The number of alkyl carbamates (subject to hydrolysis) is 1. The number of methoxy groups -OCH3 is 1. The van der Waals surface area contributed by atoms with Crippen molar-refractivity contribution < 1.29 is 33.8 Å². The summed E-state index contributed by atoms with van der Waals surface area (Å²) in [5, 5.41) is 26.8. The fourth-order valence-corrected chi connectivity index (χ4v) is 6.54. The predicted octanol–water partition coefficient (Wildman–Crippen LogP) is 4.53. The van der Waals surface area contributed by atoms with E-state index in [1.165, 1.54) is 0 Å². The minimum Gasteiger partial charge on any atom is -0.497 e. The van der Waals surface area contributed by atoms with Gasteiger partial charge in [-0.05, 0) is 59.2 Å². The van der Waals surface area contributed by atoms with E-state index >= 15 is 0 Å². The van der Waals surface area contributed by atoms with Crippen LogP contribution < -0.4 is 31.3 Å². The largest absolute Gasteiger partial charge is 0.497 e. The molecule has 5 aromatic rings. The zero-order chi connectivity index (χ0) is 42.3. The Balaban J connectivity index is 1.37. The highest BCUT2D eigenvalue weighted by Gasteiger charge is 2.38. The third kappa shape index (κ3) is 12.9. The van der Waals surface area contributed by atoms with Gasteiger partial charge in [0.05, 0.1) is 36.8 Å². The van der Waals surface area contributed by atoms with Crippen LogP contribution >= 0.6 is 0 Å². The van der Waals surface area contributed by atoms with E-state index in [9.17, 15) is 24.3 Å². The lowest BCUT2D eigenvalue weighted by molar-refractivity contribution is -0.134. The highest BCUT2D eigenvalue weighted by atomic mass is 16.5. The van der Waals surface area contributed by atoms with Crippen molar-refractivity contribution in [1.82, 2.24) is 36.6 Å². The van der Waals surface area contributed by atoms with Gasteiger partial charge in [-0.15, -0.1) is 0 Å². The molecule has 14 heteroatoms. The Morgan fingerprint density at radius 1 is 0.661 bits per heavy atom. The topological polar surface area (TPSA) is 196 Å². The molecule has 0 aliphatic rings. The molecule has 59 heavy (non-hydrogen) atoms. The second kappa shape index (κ2) is 21.5. The molecule has 1 aromatic heterocycles. The van der Waals surface area contributed by atoms with Crippen molar-refractivity contribution >= 4 is 34.8 Å². The van der Waals surface area contributed by atoms with Gasteiger partial charge < -0.3 is 40.8 Å². The smallest absolute Gasteiger partial charge is 0.408 e. The van der Waals surface area contributed by atoms with Crippen LogP contribution in [0.2, 0.25) is 0 Å². The first-order valence-electron chi connectivity index (χ1n) is 19.8. The van der Waals surface area contributed by atoms with Gasteiger partial charge in [-0.3, -0.25) is 19.7 Å². The van der Waals surface area contributed by atoms with Crippen LogP contribution in [0.3, 0.4) is 0 Å². The van der Waals surface area contributed by atoms with E-state index in [4.69, 9.17) is 9.47 Å². The SMILES string of the molecule is COc1ccc(CN[C@@H](C(=O)N[C@H](C(=O)NCc2nc3ccccc3[nH]2)C(C)C)[C@H](O)[C@@H](Cc2ccccc2)NC(=O)[C@@H](NC(=O)OCc2ccccc2)C(C)C)cc1. The van der Waals surface area contributed by atoms with Crippen molar-refractivity contribution in [3.8, 4) is 5.75 Å². The van der Waals surface area contributed by atoms with Crippen molar-refractivity contribution in [3.63, 3.8) is 0 Å². The van der Waals surface area contributed by atoms with E-state index in [1.807, 2.05) is 111 Å². The number of rotatable bonds is 20. The van der Waals surface area contributed by atoms with Gasteiger partial charge in [-0.1, -0.05) is 113 Å². The second-order valence-corrected chi connectivity index (χ2v) is 15.1. The van der Waals surface area contributed by atoms with Crippen molar-refractivity contribution in [2.75, 3.05) is 7.11 Å². The number of aliphatic hydroxyl groups excluding tert-OH is 1. The maximum Gasteiger partial charge on any atom is 0.408 e. The summed E-state index contributed by atoms with van der Waals surface area (Å²) >= 11 is 0. The second-order valence-electron chi connectivity index (χ2n) is 15.1. The number of ether oxygens (including phenoxy) is 2. The Hall–Kier alpha value is -6.25. The number of amides is 4. The minimum absolute atomic E-state index is 0.0143. The van der Waals surface area contributed by atoms with Crippen LogP contribution in [0.4, 0.5) is 4.79 Å². The summed E-state index contributed by atoms with van der Waals surface area (Å²) in [6.45, 7) is 7.45. The molecule has 1 heterocycles. The number of benzene rings is 4. The molecule has 0 spiro atoms. The molecule has 0 fully saturated rings. The normalized spacial score (nSPS) is 13.8. The van der Waals surface area contributed by atoms with Crippen LogP contribution in [0.5, 0.6) is 5.75 Å². The van der Waals surface area contributed by atoms with Crippen LogP contribution in [0, 0.1) is 11.8 Å². The Morgan fingerprint density at radius 2 is 1.25 bits per heavy atom. The number of imidazole rings is 1. The molecule has 7 N–H and O–H groups in total. The third-order valence-electron chi connectivity index (χ3n) is 9.90. The molecule has 5 atom stereocenters. The van der Waals surface area contributed by atoms with E-state index in [0.29, 0.717) is 11.6 Å². The van der Waals surface area contributed by atoms with Crippen LogP contribution in [-0.4, -0.2) is 76.3 Å². The molecule has 0 unspecified atom stereocenters. The van der Waals surface area contributed by atoms with E-state index in [1.54, 1.807) is 33.1 Å².